The van der Waals surface area contributed by atoms with Gasteiger partial charge in [-0.1, -0.05) is 23.7 Å². The van der Waals surface area contributed by atoms with Crippen LogP contribution in [0.5, 0.6) is 0 Å². The highest BCUT2D eigenvalue weighted by molar-refractivity contribution is 9.10. The SMILES string of the molecule is CCn1ncc(Cl)c1C(=O)c1cccc(C)c1Br. The van der Waals surface area contributed by atoms with Crippen molar-refractivity contribution in [2.24, 2.45) is 0 Å². The highest BCUT2D eigenvalue weighted by Gasteiger charge is 2.20. The summed E-state index contributed by atoms with van der Waals surface area (Å²) in [7, 11) is 0. The molecule has 94 valence electrons. The minimum Gasteiger partial charge on any atom is -0.287 e. The van der Waals surface area contributed by atoms with Gasteiger partial charge in [-0.25, -0.2) is 0 Å². The number of aromatic nitrogens is 2. The summed E-state index contributed by atoms with van der Waals surface area (Å²) in [5.74, 6) is -0.116. The number of benzene rings is 1. The summed E-state index contributed by atoms with van der Waals surface area (Å²) in [6.45, 7) is 4.47. The van der Waals surface area contributed by atoms with Crippen molar-refractivity contribution >= 4 is 33.3 Å². The molecule has 0 aliphatic rings. The number of hydrogen-bond acceptors (Lipinski definition) is 2. The number of nitrogens with zero attached hydrogens (tertiary/aromatic N) is 2. The van der Waals surface area contributed by atoms with E-state index in [-0.39, 0.29) is 5.78 Å². The van der Waals surface area contributed by atoms with E-state index in [1.165, 1.54) is 6.20 Å². The molecule has 0 saturated heterocycles. The fraction of sp³-hybridized carbons (Fsp3) is 0.231. The van der Waals surface area contributed by atoms with Gasteiger partial charge in [-0.2, -0.15) is 5.10 Å². The number of aryl methyl sites for hydroxylation is 2. The summed E-state index contributed by atoms with van der Waals surface area (Å²) in [6, 6.07) is 5.58. The van der Waals surface area contributed by atoms with E-state index in [0.29, 0.717) is 22.8 Å². The van der Waals surface area contributed by atoms with Crippen LogP contribution in [0, 0.1) is 6.92 Å². The molecule has 0 spiro atoms. The number of ketones is 1. The Morgan fingerprint density at radius 3 is 2.89 bits per heavy atom. The van der Waals surface area contributed by atoms with Crippen molar-refractivity contribution in [3.63, 3.8) is 0 Å². The van der Waals surface area contributed by atoms with E-state index < -0.39 is 0 Å². The first-order chi connectivity index (χ1) is 8.56. The third-order valence-corrected chi connectivity index (χ3v) is 4.08. The van der Waals surface area contributed by atoms with Gasteiger partial charge in [0.1, 0.15) is 5.69 Å². The van der Waals surface area contributed by atoms with Gasteiger partial charge in [0.05, 0.1) is 11.2 Å². The first kappa shape index (κ1) is 13.3. The quantitative estimate of drug-likeness (QED) is 0.802. The van der Waals surface area contributed by atoms with Gasteiger partial charge in [0.15, 0.2) is 0 Å². The largest absolute Gasteiger partial charge is 0.287 e. The molecule has 0 unspecified atom stereocenters. The summed E-state index contributed by atoms with van der Waals surface area (Å²) in [4.78, 5) is 12.5. The van der Waals surface area contributed by atoms with Crippen molar-refractivity contribution in [3.05, 3.63) is 50.7 Å². The van der Waals surface area contributed by atoms with Gasteiger partial charge in [0.2, 0.25) is 5.78 Å². The summed E-state index contributed by atoms with van der Waals surface area (Å²) in [5.41, 5.74) is 2.05. The molecule has 0 fully saturated rings. The average molecular weight is 328 g/mol. The summed E-state index contributed by atoms with van der Waals surface area (Å²) in [5, 5.41) is 4.47. The van der Waals surface area contributed by atoms with Gasteiger partial charge >= 0.3 is 0 Å². The lowest BCUT2D eigenvalue weighted by atomic mass is 10.1. The van der Waals surface area contributed by atoms with Gasteiger partial charge in [-0.05, 0) is 41.4 Å². The molecule has 0 aliphatic carbocycles. The molecule has 0 amide bonds. The van der Waals surface area contributed by atoms with Crippen LogP contribution in [-0.4, -0.2) is 15.6 Å². The zero-order chi connectivity index (χ0) is 13.3. The predicted octanol–water partition coefficient (Wildman–Crippen LogP) is 3.86. The van der Waals surface area contributed by atoms with E-state index in [4.69, 9.17) is 11.6 Å². The van der Waals surface area contributed by atoms with Gasteiger partial charge in [0, 0.05) is 16.6 Å². The second-order valence-corrected chi connectivity index (χ2v) is 5.12. The molecule has 3 nitrogen and oxygen atoms in total. The van der Waals surface area contributed by atoms with Crippen LogP contribution >= 0.6 is 27.5 Å². The molecule has 1 aromatic heterocycles. The van der Waals surface area contributed by atoms with Crippen molar-refractivity contribution in [2.45, 2.75) is 20.4 Å². The molecular weight excluding hydrogens is 316 g/mol. The molecule has 0 radical (unpaired) electrons. The van der Waals surface area contributed by atoms with Gasteiger partial charge in [0.25, 0.3) is 0 Å². The van der Waals surface area contributed by atoms with Crippen LogP contribution in [-0.2, 0) is 6.54 Å². The minimum absolute atomic E-state index is 0.116. The zero-order valence-corrected chi connectivity index (χ0v) is 12.4. The van der Waals surface area contributed by atoms with Gasteiger partial charge in [-0.3, -0.25) is 9.48 Å². The molecule has 5 heteroatoms. The Hall–Kier alpha value is -1.13. The second kappa shape index (κ2) is 5.24. The first-order valence-electron chi connectivity index (χ1n) is 5.57. The third-order valence-electron chi connectivity index (χ3n) is 2.75. The molecule has 1 aromatic carbocycles. The maximum Gasteiger partial charge on any atom is 0.213 e. The van der Waals surface area contributed by atoms with Crippen LogP contribution in [0.2, 0.25) is 5.02 Å². The lowest BCUT2D eigenvalue weighted by molar-refractivity contribution is 0.102. The molecule has 1 heterocycles. The lowest BCUT2D eigenvalue weighted by Crippen LogP contribution is -2.12. The monoisotopic (exact) mass is 326 g/mol. The van der Waals surface area contributed by atoms with Crippen LogP contribution in [0.1, 0.15) is 28.5 Å². The Bertz CT molecular complexity index is 607. The molecule has 2 aromatic rings. The Morgan fingerprint density at radius 1 is 1.50 bits per heavy atom. The van der Waals surface area contributed by atoms with Gasteiger partial charge < -0.3 is 0 Å². The molecule has 0 aliphatic heterocycles. The van der Waals surface area contributed by atoms with E-state index in [1.54, 1.807) is 10.7 Å². The fourth-order valence-corrected chi connectivity index (χ4v) is 2.45. The second-order valence-electron chi connectivity index (χ2n) is 3.92. The maximum absolute atomic E-state index is 12.5. The van der Waals surface area contributed by atoms with E-state index in [2.05, 4.69) is 21.0 Å². The molecule has 18 heavy (non-hydrogen) atoms. The highest BCUT2D eigenvalue weighted by atomic mass is 79.9. The molecule has 0 atom stereocenters. The fourth-order valence-electron chi connectivity index (χ4n) is 1.78. The summed E-state index contributed by atoms with van der Waals surface area (Å²) >= 11 is 9.48. The van der Waals surface area contributed by atoms with Crippen molar-refractivity contribution in [3.8, 4) is 0 Å². The number of carbonyl (C=O) groups excluding carboxylic acids is 1. The van der Waals surface area contributed by atoms with Crippen molar-refractivity contribution in [1.29, 1.82) is 0 Å². The summed E-state index contributed by atoms with van der Waals surface area (Å²) < 4.78 is 2.41. The van der Waals surface area contributed by atoms with E-state index in [0.717, 1.165) is 10.0 Å². The van der Waals surface area contributed by atoms with E-state index in [1.807, 2.05) is 26.0 Å². The predicted molar refractivity (Wildman–Crippen MR) is 75.2 cm³/mol. The number of rotatable bonds is 3. The standard InChI is InChI=1S/C13H12BrClN2O/c1-3-17-12(10(15)7-16-17)13(18)9-6-4-5-8(2)11(9)14/h4-7H,3H2,1-2H3. The Labute approximate surface area is 119 Å². The number of hydrogen-bond donors (Lipinski definition) is 0. The smallest absolute Gasteiger partial charge is 0.213 e. The van der Waals surface area contributed by atoms with Crippen molar-refractivity contribution in [1.82, 2.24) is 9.78 Å². The van der Waals surface area contributed by atoms with Crippen LogP contribution < -0.4 is 0 Å². The number of halogens is 2. The normalized spacial score (nSPS) is 10.7. The van der Waals surface area contributed by atoms with Crippen LogP contribution in [0.25, 0.3) is 0 Å². The first-order valence-corrected chi connectivity index (χ1v) is 6.74. The molecular formula is C13H12BrClN2O. The van der Waals surface area contributed by atoms with Crippen LogP contribution in [0.4, 0.5) is 0 Å². The Kier molecular flexibility index (Phi) is 3.88. The molecule has 2 rings (SSSR count). The number of carbonyl (C=O) groups is 1. The highest BCUT2D eigenvalue weighted by Crippen LogP contribution is 2.26. The third kappa shape index (κ3) is 2.22. The van der Waals surface area contributed by atoms with E-state index >= 15 is 0 Å². The molecule has 0 saturated carbocycles. The topological polar surface area (TPSA) is 34.9 Å². The van der Waals surface area contributed by atoms with Gasteiger partial charge in [-0.15, -0.1) is 0 Å². The maximum atomic E-state index is 12.5. The Morgan fingerprint density at radius 2 is 2.22 bits per heavy atom. The van der Waals surface area contributed by atoms with Crippen molar-refractivity contribution < 1.29 is 4.79 Å². The van der Waals surface area contributed by atoms with Crippen molar-refractivity contribution in [2.75, 3.05) is 0 Å². The van der Waals surface area contributed by atoms with E-state index in [9.17, 15) is 4.79 Å². The Balaban J connectivity index is 2.55. The molecule has 0 N–H and O–H groups in total. The minimum atomic E-state index is -0.116. The zero-order valence-electron chi connectivity index (χ0n) is 10.1. The van der Waals surface area contributed by atoms with Crippen LogP contribution in [0.15, 0.2) is 28.9 Å². The lowest BCUT2D eigenvalue weighted by Gasteiger charge is -2.08. The average Bonchev–Trinajstić information content (AvgIpc) is 2.73. The molecule has 0 bridgehead atoms. The summed E-state index contributed by atoms with van der Waals surface area (Å²) in [6.07, 6.45) is 1.50. The van der Waals surface area contributed by atoms with Crippen LogP contribution in [0.3, 0.4) is 0 Å².